The van der Waals surface area contributed by atoms with Crippen molar-refractivity contribution in [3.05, 3.63) is 92.9 Å². The lowest BCUT2D eigenvalue weighted by Crippen LogP contribution is -2.55. The van der Waals surface area contributed by atoms with Gasteiger partial charge in [-0.15, -0.1) is 0 Å². The van der Waals surface area contributed by atoms with Gasteiger partial charge in [0.25, 0.3) is 5.56 Å². The van der Waals surface area contributed by atoms with Crippen molar-refractivity contribution in [3.63, 3.8) is 0 Å². The summed E-state index contributed by atoms with van der Waals surface area (Å²) in [5, 5.41) is 26.6. The van der Waals surface area contributed by atoms with Crippen LogP contribution >= 0.6 is 0 Å². The van der Waals surface area contributed by atoms with Crippen LogP contribution in [0.2, 0.25) is 0 Å². The highest BCUT2D eigenvalue weighted by atomic mass is 16.5. The summed E-state index contributed by atoms with van der Waals surface area (Å²) in [7, 11) is 1.53. The number of pyridine rings is 1. The van der Waals surface area contributed by atoms with Crippen LogP contribution in [0.5, 0.6) is 17.2 Å². The number of carbonyl (C=O) groups is 4. The predicted molar refractivity (Wildman–Crippen MR) is 215 cm³/mol. The van der Waals surface area contributed by atoms with Crippen LogP contribution < -0.4 is 15.6 Å². The first-order valence-corrected chi connectivity index (χ1v) is 20.2. The maximum Gasteiger partial charge on any atom is 0.342 e. The van der Waals surface area contributed by atoms with Gasteiger partial charge in [-0.05, 0) is 92.7 Å². The molecule has 1 fully saturated rings. The van der Waals surface area contributed by atoms with Crippen molar-refractivity contribution in [2.45, 2.75) is 109 Å². The van der Waals surface area contributed by atoms with Crippen molar-refractivity contribution in [1.82, 2.24) is 14.8 Å². The largest absolute Gasteiger partial charge is 0.507 e. The number of piperidine rings is 1. The number of rotatable bonds is 9. The number of hydrogen-bond acceptors (Lipinski definition) is 9. The number of amides is 2. The fourth-order valence-corrected chi connectivity index (χ4v) is 8.67. The number of benzene rings is 2. The number of carbonyl (C=O) groups excluding carboxylic acids is 4. The summed E-state index contributed by atoms with van der Waals surface area (Å²) in [5.74, 6) is -2.32. The van der Waals surface area contributed by atoms with Gasteiger partial charge in [-0.2, -0.15) is 0 Å². The van der Waals surface area contributed by atoms with Crippen LogP contribution in [-0.4, -0.2) is 75.6 Å². The van der Waals surface area contributed by atoms with Crippen molar-refractivity contribution in [2.24, 2.45) is 11.8 Å². The minimum Gasteiger partial charge on any atom is -0.507 e. The van der Waals surface area contributed by atoms with Gasteiger partial charge >= 0.3 is 5.97 Å². The third-order valence-electron chi connectivity index (χ3n) is 11.4. The Morgan fingerprint density at radius 1 is 1.00 bits per heavy atom. The van der Waals surface area contributed by atoms with Crippen molar-refractivity contribution < 1.29 is 38.9 Å². The zero-order valence-corrected chi connectivity index (χ0v) is 33.4. The van der Waals surface area contributed by atoms with Crippen molar-refractivity contribution >= 4 is 29.6 Å². The second kappa shape index (κ2) is 18.3. The molecule has 0 aliphatic carbocycles. The molecule has 12 nitrogen and oxygen atoms in total. The number of cyclic esters (lactones) is 1. The number of aromatic hydroxyl groups is 2. The Kier molecular flexibility index (Phi) is 13.2. The quantitative estimate of drug-likeness (QED) is 0.207. The predicted octanol–water partition coefficient (Wildman–Crippen LogP) is 6.45. The van der Waals surface area contributed by atoms with E-state index in [1.54, 1.807) is 55.5 Å². The summed E-state index contributed by atoms with van der Waals surface area (Å²) >= 11 is 0. The maximum absolute atomic E-state index is 14.3. The normalized spacial score (nSPS) is 21.6. The van der Waals surface area contributed by atoms with Crippen LogP contribution in [0, 0.1) is 11.8 Å². The first-order chi connectivity index (χ1) is 27.3. The van der Waals surface area contributed by atoms with E-state index in [0.29, 0.717) is 75.9 Å². The molecular weight excluding hydrogens is 727 g/mol. The Bertz CT molecular complexity index is 2050. The molecule has 4 heterocycles. The zero-order chi connectivity index (χ0) is 40.8. The molecular formula is C45H55N3O9. The molecule has 2 bridgehead atoms. The Morgan fingerprint density at radius 2 is 1.75 bits per heavy atom. The molecule has 57 heavy (non-hydrogen) atoms. The number of phenols is 2. The van der Waals surface area contributed by atoms with E-state index in [0.717, 1.165) is 12.1 Å². The van der Waals surface area contributed by atoms with E-state index in [2.05, 4.69) is 5.32 Å². The highest BCUT2D eigenvalue weighted by Crippen LogP contribution is 2.44. The first-order valence-electron chi connectivity index (χ1n) is 20.2. The van der Waals surface area contributed by atoms with Gasteiger partial charge in [0, 0.05) is 68.1 Å². The number of ketones is 1. The molecule has 3 aromatic rings. The number of ether oxygens (including phenoxy) is 2. The topological polar surface area (TPSA) is 164 Å². The Labute approximate surface area is 333 Å². The number of likely N-dealkylation sites (tertiary alicyclic amines) is 1. The molecule has 3 N–H and O–H groups in total. The Morgan fingerprint density at radius 3 is 2.49 bits per heavy atom. The molecule has 304 valence electrons. The van der Waals surface area contributed by atoms with Crippen LogP contribution in [0.25, 0.3) is 6.08 Å². The number of phenolic OH excluding ortho intramolecular Hbond substituents is 2. The summed E-state index contributed by atoms with van der Waals surface area (Å²) < 4.78 is 13.0. The second-order valence-corrected chi connectivity index (χ2v) is 16.3. The number of hydrogen-bond donors (Lipinski definition) is 3. The Balaban J connectivity index is 1.31. The first kappa shape index (κ1) is 41.2. The summed E-state index contributed by atoms with van der Waals surface area (Å²) in [6.45, 7) is 7.16. The molecule has 6 rings (SSSR count). The lowest BCUT2D eigenvalue weighted by molar-refractivity contribution is -0.139. The van der Waals surface area contributed by atoms with E-state index >= 15 is 0 Å². The van der Waals surface area contributed by atoms with Crippen LogP contribution in [0.4, 0.5) is 0 Å². The van der Waals surface area contributed by atoms with Crippen LogP contribution in [-0.2, 0) is 25.7 Å². The number of fused-ring (bicyclic) bond motifs is 5. The highest BCUT2D eigenvalue weighted by Gasteiger charge is 2.39. The number of Topliss-reactive ketones (excluding diaryl/α,β-unsaturated/α-hetero) is 1. The SMILES string of the molecule is COc1ccc(C(CC(=O)N[C@@H](CC(C)C)C(=O)N2C[C@H]3C[C@@H](C2)c2cccc(=O)n2C3)c2c(O)cc3c(c2O)C(=O)O[C@@H](C)CCCC(=O)CCC/C=C/3)cc1. The molecule has 3 aliphatic rings. The molecule has 0 saturated carbocycles. The molecule has 2 amide bonds. The van der Waals surface area contributed by atoms with Crippen LogP contribution in [0.1, 0.15) is 123 Å². The highest BCUT2D eigenvalue weighted by molar-refractivity contribution is 5.98. The molecule has 0 spiro atoms. The number of allylic oxidation sites excluding steroid dienone is 1. The molecule has 3 aliphatic heterocycles. The third kappa shape index (κ3) is 9.77. The van der Waals surface area contributed by atoms with Gasteiger partial charge in [-0.1, -0.05) is 44.2 Å². The lowest BCUT2D eigenvalue weighted by Gasteiger charge is -2.43. The fourth-order valence-electron chi connectivity index (χ4n) is 8.67. The van der Waals surface area contributed by atoms with Gasteiger partial charge < -0.3 is 34.5 Å². The minimum atomic E-state index is -0.950. The van der Waals surface area contributed by atoms with Crippen molar-refractivity contribution in [3.8, 4) is 17.2 Å². The molecule has 0 radical (unpaired) electrons. The molecule has 1 unspecified atom stereocenters. The van der Waals surface area contributed by atoms with E-state index < -0.39 is 35.7 Å². The number of esters is 1. The molecule has 1 aromatic heterocycles. The van der Waals surface area contributed by atoms with Gasteiger partial charge in [-0.25, -0.2) is 4.79 Å². The van der Waals surface area contributed by atoms with Crippen LogP contribution in [0.15, 0.2) is 59.4 Å². The van der Waals surface area contributed by atoms with E-state index in [1.165, 1.54) is 13.2 Å². The van der Waals surface area contributed by atoms with Crippen molar-refractivity contribution in [2.75, 3.05) is 20.2 Å². The Hall–Kier alpha value is -5.39. The van der Waals surface area contributed by atoms with Gasteiger partial charge in [0.2, 0.25) is 11.8 Å². The summed E-state index contributed by atoms with van der Waals surface area (Å²) in [4.78, 5) is 69.0. The van der Waals surface area contributed by atoms with E-state index in [-0.39, 0.29) is 63.9 Å². The average molecular weight is 782 g/mol. The number of nitrogens with zero attached hydrogens (tertiary/aromatic N) is 2. The van der Waals surface area contributed by atoms with Crippen LogP contribution in [0.3, 0.4) is 0 Å². The second-order valence-electron chi connectivity index (χ2n) is 16.3. The summed E-state index contributed by atoms with van der Waals surface area (Å²) in [5.41, 5.74) is 1.53. The average Bonchev–Trinajstić information content (AvgIpc) is 3.16. The molecule has 1 saturated heterocycles. The lowest BCUT2D eigenvalue weighted by atomic mass is 9.82. The fraction of sp³-hybridized carbons (Fsp3) is 0.489. The maximum atomic E-state index is 14.3. The molecule has 12 heteroatoms. The van der Waals surface area contributed by atoms with E-state index in [9.17, 15) is 34.2 Å². The molecule has 2 aromatic carbocycles. The number of methoxy groups -OCH3 is 1. The third-order valence-corrected chi connectivity index (χ3v) is 11.4. The smallest absolute Gasteiger partial charge is 0.342 e. The van der Waals surface area contributed by atoms with Crippen molar-refractivity contribution in [1.29, 1.82) is 0 Å². The molecule has 5 atom stereocenters. The zero-order valence-electron chi connectivity index (χ0n) is 33.4. The van der Waals surface area contributed by atoms with Gasteiger partial charge in [0.1, 0.15) is 34.6 Å². The van der Waals surface area contributed by atoms with E-state index in [4.69, 9.17) is 9.47 Å². The standard InChI is InChI=1S/C45H55N3O9/c1-27(2)20-36(44(54)47-24-29-21-32(26-47)37-14-9-15-40(52)48(37)25-29)46-39(51)23-35(30-16-18-34(56-4)19-17-30)42-38(50)22-31-11-6-5-7-12-33(49)13-8-10-28(3)57-45(55)41(31)43(42)53/h6,9,11,14-19,22,27-29,32,35-36,50,53H,5,7-8,10,12-13,20-21,23-26H2,1-4H3,(H,46,51)/b11-6+/t28-,29+,32-,35?,36-/m0/s1. The summed E-state index contributed by atoms with van der Waals surface area (Å²) in [6.07, 6.45) is 6.92. The number of aromatic nitrogens is 1. The summed E-state index contributed by atoms with van der Waals surface area (Å²) in [6, 6.07) is 12.7. The van der Waals surface area contributed by atoms with Gasteiger partial charge in [0.15, 0.2) is 0 Å². The van der Waals surface area contributed by atoms with Gasteiger partial charge in [0.05, 0.1) is 13.2 Å². The van der Waals surface area contributed by atoms with Gasteiger partial charge in [-0.3, -0.25) is 19.2 Å². The number of nitrogens with one attached hydrogen (secondary N) is 1. The van der Waals surface area contributed by atoms with E-state index in [1.807, 2.05) is 29.4 Å². The minimum absolute atomic E-state index is 0.0128. The monoisotopic (exact) mass is 781 g/mol.